The molecule has 5 nitrogen and oxygen atoms in total. The molecule has 0 aromatic heterocycles. The van der Waals surface area contributed by atoms with Gasteiger partial charge in [0.05, 0.1) is 24.3 Å². The average Bonchev–Trinajstić information content (AvgIpc) is 2.53. The van der Waals surface area contributed by atoms with E-state index >= 15 is 0 Å². The van der Waals surface area contributed by atoms with Gasteiger partial charge in [0.25, 0.3) is 5.91 Å². The lowest BCUT2D eigenvalue weighted by Gasteiger charge is -2.28. The Kier molecular flexibility index (Phi) is 4.33. The number of aliphatic hydroxyl groups is 1. The van der Waals surface area contributed by atoms with Gasteiger partial charge in [-0.15, -0.1) is 0 Å². The molecule has 0 bridgehead atoms. The maximum Gasteiger partial charge on any atom is 0.255 e. The summed E-state index contributed by atoms with van der Waals surface area (Å²) in [4.78, 5) is 12.4. The number of aliphatic hydroxyl groups excluding tert-OH is 1. The molecule has 2 aromatic carbocycles. The van der Waals surface area contributed by atoms with Gasteiger partial charge in [-0.25, -0.2) is 0 Å². The van der Waals surface area contributed by atoms with Crippen molar-refractivity contribution in [1.82, 2.24) is 5.32 Å². The maximum absolute atomic E-state index is 12.4. The quantitative estimate of drug-likeness (QED) is 0.762. The van der Waals surface area contributed by atoms with Gasteiger partial charge >= 0.3 is 0 Å². The molecule has 1 aliphatic rings. The summed E-state index contributed by atoms with van der Waals surface area (Å²) in [5.74, 6) is -0.499. The molecule has 0 radical (unpaired) electrons. The summed E-state index contributed by atoms with van der Waals surface area (Å²) in [5.41, 5.74) is 0.170. The van der Waals surface area contributed by atoms with E-state index in [9.17, 15) is 15.0 Å². The number of phenols is 1. The van der Waals surface area contributed by atoms with Crippen molar-refractivity contribution < 1.29 is 19.7 Å². The van der Waals surface area contributed by atoms with Crippen LogP contribution < -0.4 is 5.32 Å². The summed E-state index contributed by atoms with van der Waals surface area (Å²) >= 11 is 3.42. The molecule has 0 spiro atoms. The second-order valence-corrected chi connectivity index (χ2v) is 6.17. The number of hydrogen-bond donors (Lipinski definition) is 3. The van der Waals surface area contributed by atoms with Gasteiger partial charge in [0.1, 0.15) is 5.75 Å². The van der Waals surface area contributed by atoms with E-state index in [2.05, 4.69) is 21.2 Å². The Labute approximate surface area is 136 Å². The lowest BCUT2D eigenvalue weighted by Crippen LogP contribution is -2.49. The van der Waals surface area contributed by atoms with Crippen LogP contribution in [0.2, 0.25) is 0 Å². The third-order valence-electron chi connectivity index (χ3n) is 3.85. The average molecular weight is 366 g/mol. The van der Waals surface area contributed by atoms with Crippen molar-refractivity contribution in [3.63, 3.8) is 0 Å². The lowest BCUT2D eigenvalue weighted by molar-refractivity contribution is -0.0140. The first kappa shape index (κ1) is 15.3. The van der Waals surface area contributed by atoms with Gasteiger partial charge < -0.3 is 20.3 Å². The number of aromatic hydroxyl groups is 1. The van der Waals surface area contributed by atoms with Crippen LogP contribution in [0, 0.1) is 0 Å². The minimum absolute atomic E-state index is 0.0671. The molecule has 116 valence electrons. The fraction of sp³-hybridized carbons (Fsp3) is 0.312. The molecule has 2 atom stereocenters. The molecule has 3 N–H and O–H groups in total. The summed E-state index contributed by atoms with van der Waals surface area (Å²) in [6.45, 7) is 0.753. The summed E-state index contributed by atoms with van der Waals surface area (Å²) in [6, 6.07) is 8.40. The largest absolute Gasteiger partial charge is 0.506 e. The SMILES string of the molecule is O=C(N[C@H]1COCC[C@@H]1O)c1cc(Br)c2ccccc2c1O. The summed E-state index contributed by atoms with van der Waals surface area (Å²) < 4.78 is 6.00. The lowest BCUT2D eigenvalue weighted by atomic mass is 10.0. The second kappa shape index (κ2) is 6.24. The van der Waals surface area contributed by atoms with E-state index < -0.39 is 18.1 Å². The van der Waals surface area contributed by atoms with Gasteiger partial charge in [-0.2, -0.15) is 0 Å². The minimum Gasteiger partial charge on any atom is -0.506 e. The molecule has 0 aliphatic carbocycles. The van der Waals surface area contributed by atoms with Crippen LogP contribution in [0.5, 0.6) is 5.75 Å². The molecule has 6 heteroatoms. The molecule has 1 saturated heterocycles. The fourth-order valence-corrected chi connectivity index (χ4v) is 3.17. The van der Waals surface area contributed by atoms with E-state index in [-0.39, 0.29) is 17.9 Å². The second-order valence-electron chi connectivity index (χ2n) is 5.31. The smallest absolute Gasteiger partial charge is 0.255 e. The van der Waals surface area contributed by atoms with E-state index in [1.807, 2.05) is 12.1 Å². The molecule has 1 aliphatic heterocycles. The molecular weight excluding hydrogens is 350 g/mol. The number of fused-ring (bicyclic) bond motifs is 1. The van der Waals surface area contributed by atoms with Crippen LogP contribution in [0.3, 0.4) is 0 Å². The zero-order valence-electron chi connectivity index (χ0n) is 11.8. The maximum atomic E-state index is 12.4. The number of halogens is 1. The number of ether oxygens (including phenoxy) is 1. The van der Waals surface area contributed by atoms with E-state index in [1.54, 1.807) is 18.2 Å². The summed E-state index contributed by atoms with van der Waals surface area (Å²) in [7, 11) is 0. The minimum atomic E-state index is -0.635. The van der Waals surface area contributed by atoms with Crippen LogP contribution >= 0.6 is 15.9 Å². The Bertz CT molecular complexity index is 719. The molecule has 1 amide bonds. The molecule has 2 aromatic rings. The highest BCUT2D eigenvalue weighted by molar-refractivity contribution is 9.10. The highest BCUT2D eigenvalue weighted by Gasteiger charge is 2.27. The predicted molar refractivity (Wildman–Crippen MR) is 86.0 cm³/mol. The predicted octanol–water partition coefficient (Wildman–Crippen LogP) is 2.19. The van der Waals surface area contributed by atoms with Gasteiger partial charge in [0.15, 0.2) is 0 Å². The van der Waals surface area contributed by atoms with E-state index in [0.29, 0.717) is 18.4 Å². The Morgan fingerprint density at radius 1 is 1.32 bits per heavy atom. The Hall–Kier alpha value is -1.63. The standard InChI is InChI=1S/C16H16BrNO4/c17-12-7-11(15(20)10-4-2-1-3-9(10)12)16(21)18-13-8-22-6-5-14(13)19/h1-4,7,13-14,19-20H,5-6,8H2,(H,18,21)/t13-,14-/m0/s1. The van der Waals surface area contributed by atoms with Crippen molar-refractivity contribution in [3.05, 3.63) is 40.4 Å². The number of amides is 1. The molecule has 22 heavy (non-hydrogen) atoms. The van der Waals surface area contributed by atoms with Crippen LogP contribution in [0.15, 0.2) is 34.8 Å². The van der Waals surface area contributed by atoms with E-state index in [1.165, 1.54) is 0 Å². The van der Waals surface area contributed by atoms with Crippen LogP contribution in [0.25, 0.3) is 10.8 Å². The number of hydrogen-bond acceptors (Lipinski definition) is 4. The molecular formula is C16H16BrNO4. The zero-order chi connectivity index (χ0) is 15.7. The van der Waals surface area contributed by atoms with Crippen molar-refractivity contribution in [2.45, 2.75) is 18.6 Å². The van der Waals surface area contributed by atoms with Gasteiger partial charge in [-0.05, 0) is 17.9 Å². The zero-order valence-corrected chi connectivity index (χ0v) is 13.3. The van der Waals surface area contributed by atoms with Gasteiger partial charge in [0, 0.05) is 16.5 Å². The first-order valence-corrected chi connectivity index (χ1v) is 7.84. The van der Waals surface area contributed by atoms with Crippen molar-refractivity contribution in [2.24, 2.45) is 0 Å². The first-order valence-electron chi connectivity index (χ1n) is 7.05. The van der Waals surface area contributed by atoms with E-state index in [4.69, 9.17) is 4.74 Å². The Balaban J connectivity index is 1.92. The van der Waals surface area contributed by atoms with Gasteiger partial charge in [-0.3, -0.25) is 4.79 Å². The molecule has 0 saturated carbocycles. The van der Waals surface area contributed by atoms with E-state index in [0.717, 1.165) is 9.86 Å². The molecule has 0 unspecified atom stereocenters. The number of rotatable bonds is 2. The number of phenolic OH excluding ortho intramolecular Hbond substituents is 1. The molecule has 1 heterocycles. The van der Waals surface area contributed by atoms with Crippen LogP contribution in [-0.4, -0.2) is 41.5 Å². The van der Waals surface area contributed by atoms with Crippen LogP contribution in [0.4, 0.5) is 0 Å². The van der Waals surface area contributed by atoms with Crippen molar-refractivity contribution in [1.29, 1.82) is 0 Å². The van der Waals surface area contributed by atoms with Gasteiger partial charge in [-0.1, -0.05) is 40.2 Å². The highest BCUT2D eigenvalue weighted by Crippen LogP contribution is 2.34. The van der Waals surface area contributed by atoms with Gasteiger partial charge in [0.2, 0.25) is 0 Å². The highest BCUT2D eigenvalue weighted by atomic mass is 79.9. The fourth-order valence-electron chi connectivity index (χ4n) is 2.60. The molecule has 3 rings (SSSR count). The van der Waals surface area contributed by atoms with Crippen molar-refractivity contribution in [2.75, 3.05) is 13.2 Å². The van der Waals surface area contributed by atoms with Crippen LogP contribution in [-0.2, 0) is 4.74 Å². The summed E-state index contributed by atoms with van der Waals surface area (Å²) in [6.07, 6.45) is -0.151. The first-order chi connectivity index (χ1) is 10.6. The number of nitrogens with one attached hydrogen (secondary N) is 1. The third kappa shape index (κ3) is 2.82. The normalized spacial score (nSPS) is 21.7. The monoisotopic (exact) mass is 365 g/mol. The third-order valence-corrected chi connectivity index (χ3v) is 4.50. The number of carbonyl (C=O) groups excluding carboxylic acids is 1. The van der Waals surface area contributed by atoms with Crippen molar-refractivity contribution in [3.8, 4) is 5.75 Å². The number of carbonyl (C=O) groups is 1. The Morgan fingerprint density at radius 3 is 2.77 bits per heavy atom. The Morgan fingerprint density at radius 2 is 2.05 bits per heavy atom. The number of benzene rings is 2. The van der Waals surface area contributed by atoms with Crippen molar-refractivity contribution >= 4 is 32.6 Å². The van der Waals surface area contributed by atoms with Crippen LogP contribution in [0.1, 0.15) is 16.8 Å². The topological polar surface area (TPSA) is 78.8 Å². The molecule has 1 fully saturated rings. The summed E-state index contributed by atoms with van der Waals surface area (Å²) in [5, 5.41) is 24.4.